The van der Waals surface area contributed by atoms with Gasteiger partial charge in [-0.1, -0.05) is 19.9 Å². The minimum absolute atomic E-state index is 0. The fourth-order valence-electron chi connectivity index (χ4n) is 2.02. The van der Waals surface area contributed by atoms with E-state index >= 15 is 0 Å². The van der Waals surface area contributed by atoms with Gasteiger partial charge in [0.05, 0.1) is 11.1 Å². The summed E-state index contributed by atoms with van der Waals surface area (Å²) in [7, 11) is 0. The number of carbonyl (C=O) groups excluding carboxylic acids is 2. The quantitative estimate of drug-likeness (QED) is 0.437. The molecule has 0 amide bonds. The van der Waals surface area contributed by atoms with Crippen molar-refractivity contribution in [2.75, 3.05) is 0 Å². The van der Waals surface area contributed by atoms with Crippen LogP contribution in [0.3, 0.4) is 0 Å². The topological polar surface area (TPSA) is 43.4 Å². The van der Waals surface area contributed by atoms with Gasteiger partial charge in [0.25, 0.3) is 0 Å². The molecule has 1 heterocycles. The van der Waals surface area contributed by atoms with Crippen molar-refractivity contribution in [3.63, 3.8) is 0 Å². The summed E-state index contributed by atoms with van der Waals surface area (Å²) >= 11 is 0. The molecule has 1 aliphatic heterocycles. The molecule has 0 aromatic heterocycles. The van der Waals surface area contributed by atoms with E-state index in [2.05, 4.69) is 4.74 Å². The predicted octanol–water partition coefficient (Wildman–Crippen LogP) is 1.47. The SMILES string of the molecule is CCc1ccc2c(c1CC)C(=O)OC2=O.[NaH]. The molecule has 1 aliphatic rings. The molecule has 0 saturated carbocycles. The Balaban J connectivity index is 0.00000128. The van der Waals surface area contributed by atoms with Crippen LogP contribution in [0.5, 0.6) is 0 Å². The van der Waals surface area contributed by atoms with Crippen molar-refractivity contribution < 1.29 is 14.3 Å². The molecule has 16 heavy (non-hydrogen) atoms. The van der Waals surface area contributed by atoms with E-state index in [4.69, 9.17) is 0 Å². The molecule has 1 aromatic carbocycles. The summed E-state index contributed by atoms with van der Waals surface area (Å²) in [6.45, 7) is 4.01. The van der Waals surface area contributed by atoms with Gasteiger partial charge in [0.1, 0.15) is 0 Å². The van der Waals surface area contributed by atoms with Crippen molar-refractivity contribution in [2.45, 2.75) is 26.7 Å². The van der Waals surface area contributed by atoms with Crippen molar-refractivity contribution in [2.24, 2.45) is 0 Å². The second-order valence-corrected chi connectivity index (χ2v) is 3.51. The van der Waals surface area contributed by atoms with E-state index < -0.39 is 11.9 Å². The molecule has 80 valence electrons. The van der Waals surface area contributed by atoms with Crippen LogP contribution in [-0.4, -0.2) is 41.5 Å². The van der Waals surface area contributed by atoms with Crippen molar-refractivity contribution in [1.82, 2.24) is 0 Å². The maximum atomic E-state index is 11.5. The molecule has 0 spiro atoms. The van der Waals surface area contributed by atoms with Gasteiger partial charge in [-0.3, -0.25) is 0 Å². The summed E-state index contributed by atoms with van der Waals surface area (Å²) in [5, 5.41) is 0. The third-order valence-corrected chi connectivity index (χ3v) is 2.75. The number of fused-ring (bicyclic) bond motifs is 1. The number of hydrogen-bond acceptors (Lipinski definition) is 3. The number of carbonyl (C=O) groups is 2. The molecule has 0 N–H and O–H groups in total. The van der Waals surface area contributed by atoms with Gasteiger partial charge in [-0.15, -0.1) is 0 Å². The van der Waals surface area contributed by atoms with Gasteiger partial charge >= 0.3 is 41.5 Å². The first kappa shape index (κ1) is 13.4. The van der Waals surface area contributed by atoms with E-state index in [1.165, 1.54) is 0 Å². The molecule has 4 heteroatoms. The monoisotopic (exact) mass is 228 g/mol. The number of benzene rings is 1. The first-order valence-electron chi connectivity index (χ1n) is 5.10. The Kier molecular flexibility index (Phi) is 4.30. The van der Waals surface area contributed by atoms with Crippen molar-refractivity contribution >= 4 is 41.5 Å². The third kappa shape index (κ3) is 1.95. The summed E-state index contributed by atoms with van der Waals surface area (Å²) in [5.41, 5.74) is 2.95. The standard InChI is InChI=1S/C12H12O3.Na.H/c1-3-7-5-6-9-10(8(7)4-2)12(14)15-11(9)13;;/h5-6H,3-4H2,1-2H3;;. The number of aryl methyl sites for hydroxylation is 1. The molecule has 0 aliphatic carbocycles. The number of hydrogen-bond donors (Lipinski definition) is 0. The Morgan fingerprint density at radius 1 is 1.06 bits per heavy atom. The van der Waals surface area contributed by atoms with Gasteiger partial charge in [0, 0.05) is 0 Å². The Morgan fingerprint density at radius 3 is 2.31 bits per heavy atom. The molecule has 0 bridgehead atoms. The van der Waals surface area contributed by atoms with Crippen LogP contribution in [0.1, 0.15) is 45.7 Å². The predicted molar refractivity (Wildman–Crippen MR) is 62.1 cm³/mol. The van der Waals surface area contributed by atoms with Gasteiger partial charge in [0.15, 0.2) is 0 Å². The molecular weight excluding hydrogens is 215 g/mol. The van der Waals surface area contributed by atoms with E-state index in [0.29, 0.717) is 11.1 Å². The zero-order valence-corrected chi connectivity index (χ0v) is 8.79. The normalized spacial score (nSPS) is 13.1. The molecule has 0 atom stereocenters. The first-order chi connectivity index (χ1) is 7.19. The second-order valence-electron chi connectivity index (χ2n) is 3.51. The minimum atomic E-state index is -0.521. The van der Waals surface area contributed by atoms with E-state index in [9.17, 15) is 9.59 Å². The summed E-state index contributed by atoms with van der Waals surface area (Å²) in [5.74, 6) is -1.02. The Morgan fingerprint density at radius 2 is 1.75 bits per heavy atom. The number of rotatable bonds is 2. The van der Waals surface area contributed by atoms with Crippen molar-refractivity contribution in [3.8, 4) is 0 Å². The van der Waals surface area contributed by atoms with E-state index in [1.807, 2.05) is 19.9 Å². The zero-order valence-electron chi connectivity index (χ0n) is 8.79. The van der Waals surface area contributed by atoms with Gasteiger partial charge in [0.2, 0.25) is 0 Å². The van der Waals surface area contributed by atoms with Gasteiger partial charge in [-0.2, -0.15) is 0 Å². The fraction of sp³-hybridized carbons (Fsp3) is 0.333. The molecule has 3 nitrogen and oxygen atoms in total. The molecule has 0 saturated heterocycles. The van der Waals surface area contributed by atoms with E-state index in [1.54, 1.807) is 6.07 Å². The number of cyclic esters (lactones) is 2. The summed E-state index contributed by atoms with van der Waals surface area (Å²) < 4.78 is 4.60. The maximum absolute atomic E-state index is 11.5. The van der Waals surface area contributed by atoms with Gasteiger partial charge in [-0.05, 0) is 30.0 Å². The fourth-order valence-corrected chi connectivity index (χ4v) is 2.02. The summed E-state index contributed by atoms with van der Waals surface area (Å²) in [6, 6.07) is 3.58. The molecule has 0 radical (unpaired) electrons. The van der Waals surface area contributed by atoms with Crippen LogP contribution in [0.4, 0.5) is 0 Å². The second kappa shape index (κ2) is 5.13. The van der Waals surface area contributed by atoms with Crippen LogP contribution in [0.25, 0.3) is 0 Å². The molecular formula is C12H13NaO3. The number of ether oxygens (including phenoxy) is 1. The van der Waals surface area contributed by atoms with Crippen LogP contribution >= 0.6 is 0 Å². The Labute approximate surface area is 116 Å². The Bertz CT molecular complexity index is 452. The zero-order chi connectivity index (χ0) is 11.0. The molecule has 0 unspecified atom stereocenters. The van der Waals surface area contributed by atoms with Crippen LogP contribution in [0.2, 0.25) is 0 Å². The van der Waals surface area contributed by atoms with Crippen LogP contribution in [-0.2, 0) is 17.6 Å². The average Bonchev–Trinajstić information content (AvgIpc) is 2.53. The van der Waals surface area contributed by atoms with E-state index in [-0.39, 0.29) is 29.6 Å². The van der Waals surface area contributed by atoms with Crippen LogP contribution < -0.4 is 0 Å². The van der Waals surface area contributed by atoms with Crippen LogP contribution in [0.15, 0.2) is 12.1 Å². The van der Waals surface area contributed by atoms with Gasteiger partial charge in [-0.25, -0.2) is 9.59 Å². The van der Waals surface area contributed by atoms with Crippen LogP contribution in [0, 0.1) is 0 Å². The third-order valence-electron chi connectivity index (χ3n) is 2.75. The average molecular weight is 228 g/mol. The first-order valence-corrected chi connectivity index (χ1v) is 5.10. The van der Waals surface area contributed by atoms with E-state index in [0.717, 1.165) is 24.0 Å². The number of esters is 2. The van der Waals surface area contributed by atoms with Gasteiger partial charge < -0.3 is 4.74 Å². The molecule has 1 aromatic rings. The molecule has 0 fully saturated rings. The Hall–Kier alpha value is -0.640. The van der Waals surface area contributed by atoms with Crippen molar-refractivity contribution in [3.05, 3.63) is 34.4 Å². The summed E-state index contributed by atoms with van der Waals surface area (Å²) in [4.78, 5) is 22.8. The summed E-state index contributed by atoms with van der Waals surface area (Å²) in [6.07, 6.45) is 1.60. The molecule has 2 rings (SSSR count). The van der Waals surface area contributed by atoms with Crippen molar-refractivity contribution in [1.29, 1.82) is 0 Å².